The maximum Gasteiger partial charge on any atom is 0.254 e. The number of hydrogen-bond donors (Lipinski definition) is 1. The summed E-state index contributed by atoms with van der Waals surface area (Å²) in [5, 5.41) is 5.86. The van der Waals surface area contributed by atoms with Crippen LogP contribution in [0.1, 0.15) is 4.88 Å². The number of piperazine rings is 1. The Morgan fingerprint density at radius 3 is 2.52 bits per heavy atom. The van der Waals surface area contributed by atoms with Crippen molar-refractivity contribution in [3.63, 3.8) is 0 Å². The molecule has 7 nitrogen and oxygen atoms in total. The third-order valence-electron chi connectivity index (χ3n) is 4.07. The highest BCUT2D eigenvalue weighted by molar-refractivity contribution is 9.10. The summed E-state index contributed by atoms with van der Waals surface area (Å²) in [6, 6.07) is 10.4. The number of halogens is 1. The van der Waals surface area contributed by atoms with Gasteiger partial charge in [0.1, 0.15) is 0 Å². The number of amides is 1. The molecule has 0 atom stereocenters. The Bertz CT molecular complexity index is 891. The molecule has 0 spiro atoms. The first-order valence-corrected chi connectivity index (χ1v) is 11.4. The minimum absolute atomic E-state index is 0.188. The van der Waals surface area contributed by atoms with Gasteiger partial charge >= 0.3 is 0 Å². The zero-order valence-electron chi connectivity index (χ0n) is 14.4. The molecule has 1 saturated heterocycles. The molecule has 144 valence electrons. The highest BCUT2D eigenvalue weighted by Crippen LogP contribution is 2.20. The number of carbonyl (C=O) groups excluding carboxylic acids is 1. The van der Waals surface area contributed by atoms with E-state index in [4.69, 9.17) is 0 Å². The van der Waals surface area contributed by atoms with Gasteiger partial charge in [0.05, 0.1) is 17.7 Å². The fourth-order valence-corrected chi connectivity index (χ4v) is 4.93. The van der Waals surface area contributed by atoms with E-state index < -0.39 is 10.0 Å². The first kappa shape index (κ1) is 20.2. The number of rotatable bonds is 6. The lowest BCUT2D eigenvalue weighted by atomic mass is 10.3. The van der Waals surface area contributed by atoms with Gasteiger partial charge in [0, 0.05) is 35.5 Å². The van der Waals surface area contributed by atoms with Crippen molar-refractivity contribution in [2.24, 2.45) is 5.10 Å². The molecule has 2 aromatic rings. The summed E-state index contributed by atoms with van der Waals surface area (Å²) in [7, 11) is -3.51. The molecule has 0 bridgehead atoms. The van der Waals surface area contributed by atoms with E-state index in [0.29, 0.717) is 26.2 Å². The Balaban J connectivity index is 1.48. The Morgan fingerprint density at radius 1 is 1.19 bits per heavy atom. The molecule has 1 aromatic carbocycles. The molecule has 3 rings (SSSR count). The number of thiophene rings is 1. The molecule has 0 aliphatic carbocycles. The fourth-order valence-electron chi connectivity index (χ4n) is 2.65. The Kier molecular flexibility index (Phi) is 6.77. The van der Waals surface area contributed by atoms with Crippen LogP contribution in [0.5, 0.6) is 0 Å². The molecule has 2 heterocycles. The van der Waals surface area contributed by atoms with Crippen LogP contribution in [0.15, 0.2) is 56.2 Å². The van der Waals surface area contributed by atoms with Gasteiger partial charge in [0.25, 0.3) is 5.91 Å². The average Bonchev–Trinajstić information content (AvgIpc) is 3.16. The van der Waals surface area contributed by atoms with Crippen LogP contribution in [0.3, 0.4) is 0 Å². The van der Waals surface area contributed by atoms with Gasteiger partial charge in [0.2, 0.25) is 10.0 Å². The van der Waals surface area contributed by atoms with Crippen molar-refractivity contribution >= 4 is 49.4 Å². The van der Waals surface area contributed by atoms with Crippen LogP contribution in [0, 0.1) is 0 Å². The molecule has 0 saturated carbocycles. The number of benzene rings is 1. The second-order valence-electron chi connectivity index (χ2n) is 5.94. The highest BCUT2D eigenvalue weighted by Gasteiger charge is 2.28. The van der Waals surface area contributed by atoms with E-state index in [9.17, 15) is 13.2 Å². The van der Waals surface area contributed by atoms with Crippen LogP contribution in [0.25, 0.3) is 0 Å². The van der Waals surface area contributed by atoms with Crippen molar-refractivity contribution < 1.29 is 13.2 Å². The third-order valence-corrected chi connectivity index (χ3v) is 7.32. The molecule has 1 amide bonds. The Morgan fingerprint density at radius 2 is 1.89 bits per heavy atom. The summed E-state index contributed by atoms with van der Waals surface area (Å²) in [5.41, 5.74) is 2.50. The number of sulfonamides is 1. The standard InChI is InChI=1S/C17H19BrN4O3S2/c18-14-3-5-16(6-4-14)27(24,25)22-9-7-21(8-10-22)13-17(23)20-19-12-15-2-1-11-26-15/h1-6,11-12H,7-10,13H2,(H,20,23)/b19-12+. The topological polar surface area (TPSA) is 82.1 Å². The largest absolute Gasteiger partial charge is 0.292 e. The quantitative estimate of drug-likeness (QED) is 0.516. The maximum atomic E-state index is 12.7. The smallest absolute Gasteiger partial charge is 0.254 e. The number of nitrogens with one attached hydrogen (secondary N) is 1. The summed E-state index contributed by atoms with van der Waals surface area (Å²) in [6.07, 6.45) is 1.60. The molecular weight excluding hydrogens is 452 g/mol. The third kappa shape index (κ3) is 5.45. The summed E-state index contributed by atoms with van der Waals surface area (Å²) >= 11 is 4.84. The van der Waals surface area contributed by atoms with Gasteiger partial charge in [-0.2, -0.15) is 9.41 Å². The van der Waals surface area contributed by atoms with E-state index in [1.807, 2.05) is 22.4 Å². The molecule has 1 N–H and O–H groups in total. The van der Waals surface area contributed by atoms with E-state index >= 15 is 0 Å². The van der Waals surface area contributed by atoms with Gasteiger partial charge in [-0.3, -0.25) is 9.69 Å². The van der Waals surface area contributed by atoms with Crippen LogP contribution in [-0.2, 0) is 14.8 Å². The highest BCUT2D eigenvalue weighted by atomic mass is 79.9. The van der Waals surface area contributed by atoms with E-state index in [2.05, 4.69) is 26.5 Å². The lowest BCUT2D eigenvalue weighted by molar-refractivity contribution is -0.122. The van der Waals surface area contributed by atoms with Crippen molar-refractivity contribution in [3.8, 4) is 0 Å². The first-order chi connectivity index (χ1) is 12.9. The lowest BCUT2D eigenvalue weighted by Crippen LogP contribution is -2.50. The normalized spacial score (nSPS) is 16.6. The minimum Gasteiger partial charge on any atom is -0.292 e. The number of nitrogens with zero attached hydrogens (tertiary/aromatic N) is 3. The maximum absolute atomic E-state index is 12.7. The van der Waals surface area contributed by atoms with Gasteiger partial charge in [-0.1, -0.05) is 22.0 Å². The van der Waals surface area contributed by atoms with Crippen molar-refractivity contribution in [3.05, 3.63) is 51.1 Å². The van der Waals surface area contributed by atoms with Crippen molar-refractivity contribution in [2.75, 3.05) is 32.7 Å². The molecule has 10 heteroatoms. The number of hydrazone groups is 1. The van der Waals surface area contributed by atoms with Crippen molar-refractivity contribution in [2.45, 2.75) is 4.90 Å². The predicted molar refractivity (Wildman–Crippen MR) is 109 cm³/mol. The molecule has 27 heavy (non-hydrogen) atoms. The van der Waals surface area contributed by atoms with Crippen LogP contribution in [-0.4, -0.2) is 62.5 Å². The monoisotopic (exact) mass is 470 g/mol. The zero-order valence-corrected chi connectivity index (χ0v) is 17.6. The van der Waals surface area contributed by atoms with Crippen LogP contribution in [0.4, 0.5) is 0 Å². The van der Waals surface area contributed by atoms with E-state index in [-0.39, 0.29) is 17.3 Å². The fraction of sp³-hybridized carbons (Fsp3) is 0.294. The number of hydrogen-bond acceptors (Lipinski definition) is 6. The summed E-state index contributed by atoms with van der Waals surface area (Å²) < 4.78 is 27.6. The van der Waals surface area contributed by atoms with Crippen molar-refractivity contribution in [1.82, 2.24) is 14.6 Å². The zero-order chi connectivity index (χ0) is 19.3. The van der Waals surface area contributed by atoms with E-state index in [1.54, 1.807) is 30.5 Å². The molecule has 0 unspecified atom stereocenters. The second-order valence-corrected chi connectivity index (χ2v) is 9.78. The van der Waals surface area contributed by atoms with Gasteiger partial charge in [0.15, 0.2) is 0 Å². The van der Waals surface area contributed by atoms with Gasteiger partial charge < -0.3 is 0 Å². The Labute approximate surface area is 170 Å². The van der Waals surface area contributed by atoms with Gasteiger partial charge in [-0.25, -0.2) is 13.8 Å². The van der Waals surface area contributed by atoms with E-state index in [0.717, 1.165) is 9.35 Å². The molecule has 1 fully saturated rings. The van der Waals surface area contributed by atoms with Crippen molar-refractivity contribution in [1.29, 1.82) is 0 Å². The number of carbonyl (C=O) groups is 1. The molecule has 1 aliphatic rings. The molecule has 1 aromatic heterocycles. The SMILES string of the molecule is O=C(CN1CCN(S(=O)(=O)c2ccc(Br)cc2)CC1)N/N=C/c1cccs1. The Hall–Kier alpha value is -1.59. The predicted octanol–water partition coefficient (Wildman–Crippen LogP) is 1.97. The molecule has 1 aliphatic heterocycles. The van der Waals surface area contributed by atoms with Crippen LogP contribution in [0.2, 0.25) is 0 Å². The average molecular weight is 471 g/mol. The van der Waals surface area contributed by atoms with E-state index in [1.165, 1.54) is 15.6 Å². The molecule has 0 radical (unpaired) electrons. The summed E-state index contributed by atoms with van der Waals surface area (Å²) in [5.74, 6) is -0.216. The van der Waals surface area contributed by atoms with Crippen LogP contribution >= 0.6 is 27.3 Å². The van der Waals surface area contributed by atoms with Gasteiger partial charge in [-0.05, 0) is 35.7 Å². The lowest BCUT2D eigenvalue weighted by Gasteiger charge is -2.33. The summed E-state index contributed by atoms with van der Waals surface area (Å²) in [4.78, 5) is 15.1. The van der Waals surface area contributed by atoms with Crippen LogP contribution < -0.4 is 5.43 Å². The van der Waals surface area contributed by atoms with Gasteiger partial charge in [-0.15, -0.1) is 11.3 Å². The minimum atomic E-state index is -3.51. The second kappa shape index (κ2) is 9.07. The first-order valence-electron chi connectivity index (χ1n) is 8.28. The molecular formula is C17H19BrN4O3S2. The summed E-state index contributed by atoms with van der Waals surface area (Å²) in [6.45, 7) is 1.89.